The Balaban J connectivity index is 1.30. The summed E-state index contributed by atoms with van der Waals surface area (Å²) >= 11 is 2.68. The fraction of sp³-hybridized carbons (Fsp3) is 0.250. The van der Waals surface area contributed by atoms with E-state index in [0.717, 1.165) is 35.7 Å². The Morgan fingerprint density at radius 3 is 2.39 bits per heavy atom. The number of benzene rings is 3. The number of thiophene rings is 1. The number of carboxylic acid groups (broad SMARTS) is 2. The molecule has 49 heavy (non-hydrogen) atoms. The molecule has 0 saturated heterocycles. The normalized spacial score (nSPS) is 13.2. The minimum Gasteiger partial charge on any atom is -0.478 e. The van der Waals surface area contributed by atoms with Crippen molar-refractivity contribution in [3.8, 4) is 0 Å². The number of ether oxygens (including phenoxy) is 1. The van der Waals surface area contributed by atoms with Crippen LogP contribution < -0.4 is 10.6 Å². The number of aromatic carboxylic acids is 2. The number of carboxylic acids is 2. The number of nitrogens with zero attached hydrogens (tertiary/aromatic N) is 1. The molecule has 1 atom stereocenters. The number of esters is 1. The lowest BCUT2D eigenvalue weighted by Crippen LogP contribution is -2.30. The first-order valence-electron chi connectivity index (χ1n) is 15.6. The summed E-state index contributed by atoms with van der Waals surface area (Å²) in [5.41, 5.74) is 2.00. The Labute approximate surface area is 291 Å². The van der Waals surface area contributed by atoms with E-state index in [1.807, 2.05) is 25.1 Å². The molecule has 4 aromatic rings. The first kappa shape index (κ1) is 35.3. The number of rotatable bonds is 13. The van der Waals surface area contributed by atoms with Crippen molar-refractivity contribution in [3.05, 3.63) is 111 Å². The predicted octanol–water partition coefficient (Wildman–Crippen LogP) is 6.64. The van der Waals surface area contributed by atoms with E-state index in [4.69, 9.17) is 4.74 Å². The highest BCUT2D eigenvalue weighted by Crippen LogP contribution is 2.39. The van der Waals surface area contributed by atoms with Crippen LogP contribution in [0.4, 0.5) is 10.7 Å². The number of hydrogen-bond donors (Lipinski definition) is 4. The van der Waals surface area contributed by atoms with Crippen LogP contribution in [0.15, 0.2) is 77.7 Å². The minimum atomic E-state index is -1.43. The molecule has 2 amide bonds. The van der Waals surface area contributed by atoms with Gasteiger partial charge in [0.2, 0.25) is 5.91 Å². The molecule has 0 saturated carbocycles. The van der Waals surface area contributed by atoms with Gasteiger partial charge in [-0.15, -0.1) is 23.1 Å². The maximum absolute atomic E-state index is 13.7. The monoisotopic (exact) mass is 701 g/mol. The van der Waals surface area contributed by atoms with Crippen molar-refractivity contribution in [2.75, 3.05) is 23.8 Å². The Morgan fingerprint density at radius 1 is 0.918 bits per heavy atom. The molecule has 2 heterocycles. The zero-order valence-corrected chi connectivity index (χ0v) is 28.5. The van der Waals surface area contributed by atoms with Gasteiger partial charge in [-0.2, -0.15) is 0 Å². The number of carbonyl (C=O) groups is 5. The van der Waals surface area contributed by atoms with Crippen LogP contribution in [0.2, 0.25) is 0 Å². The minimum absolute atomic E-state index is 0.194. The number of thioether (sulfide) groups is 1. The molecular formula is C36H35N3O8S2. The van der Waals surface area contributed by atoms with Gasteiger partial charge >= 0.3 is 17.9 Å². The molecule has 11 nitrogen and oxygen atoms in total. The zero-order valence-electron chi connectivity index (χ0n) is 26.9. The average molecular weight is 702 g/mol. The Hall–Kier alpha value is -4.98. The lowest BCUT2D eigenvalue weighted by molar-refractivity contribution is -0.115. The highest BCUT2D eigenvalue weighted by atomic mass is 32.2. The topological polar surface area (TPSA) is 162 Å². The molecule has 254 valence electrons. The molecule has 1 aliphatic rings. The molecule has 1 aromatic heterocycles. The van der Waals surface area contributed by atoms with E-state index in [1.165, 1.54) is 34.7 Å². The molecule has 0 radical (unpaired) electrons. The summed E-state index contributed by atoms with van der Waals surface area (Å²) in [6, 6.07) is 20.2. The van der Waals surface area contributed by atoms with Crippen LogP contribution >= 0.6 is 23.1 Å². The van der Waals surface area contributed by atoms with Gasteiger partial charge in [-0.05, 0) is 67.3 Å². The smallest absolute Gasteiger partial charge is 0.341 e. The molecule has 1 unspecified atom stereocenters. The van der Waals surface area contributed by atoms with Crippen molar-refractivity contribution in [2.24, 2.45) is 0 Å². The Kier molecular flexibility index (Phi) is 11.5. The molecule has 13 heteroatoms. The summed E-state index contributed by atoms with van der Waals surface area (Å²) in [5.74, 6) is -4.21. The van der Waals surface area contributed by atoms with Crippen molar-refractivity contribution in [2.45, 2.75) is 49.9 Å². The lowest BCUT2D eigenvalue weighted by atomic mass is 10.0. The van der Waals surface area contributed by atoms with E-state index < -0.39 is 34.6 Å². The van der Waals surface area contributed by atoms with Crippen LogP contribution in [0.1, 0.15) is 77.7 Å². The summed E-state index contributed by atoms with van der Waals surface area (Å²) in [5, 5.41) is 24.4. The van der Waals surface area contributed by atoms with E-state index in [0.29, 0.717) is 40.5 Å². The fourth-order valence-corrected chi connectivity index (χ4v) is 7.81. The molecular weight excluding hydrogens is 667 g/mol. The van der Waals surface area contributed by atoms with Crippen molar-refractivity contribution in [3.63, 3.8) is 0 Å². The predicted molar refractivity (Wildman–Crippen MR) is 188 cm³/mol. The van der Waals surface area contributed by atoms with Gasteiger partial charge in [-0.1, -0.05) is 43.3 Å². The van der Waals surface area contributed by atoms with Gasteiger partial charge in [0.05, 0.1) is 34.1 Å². The van der Waals surface area contributed by atoms with Crippen molar-refractivity contribution in [1.82, 2.24) is 4.90 Å². The zero-order chi connectivity index (χ0) is 35.1. The second kappa shape index (κ2) is 15.9. The van der Waals surface area contributed by atoms with Crippen molar-refractivity contribution < 1.29 is 38.9 Å². The van der Waals surface area contributed by atoms with Gasteiger partial charge in [0.15, 0.2) is 0 Å². The molecule has 0 aliphatic carbocycles. The third kappa shape index (κ3) is 8.55. The highest BCUT2D eigenvalue weighted by molar-refractivity contribution is 8.00. The van der Waals surface area contributed by atoms with Gasteiger partial charge in [0.25, 0.3) is 5.91 Å². The highest BCUT2D eigenvalue weighted by Gasteiger charge is 2.31. The van der Waals surface area contributed by atoms with Crippen molar-refractivity contribution in [1.29, 1.82) is 0 Å². The van der Waals surface area contributed by atoms with E-state index in [9.17, 15) is 34.2 Å². The first-order chi connectivity index (χ1) is 23.6. The molecule has 5 rings (SSSR count). The first-order valence-corrected chi connectivity index (χ1v) is 17.3. The summed E-state index contributed by atoms with van der Waals surface area (Å²) in [6.07, 6.45) is 1.13. The fourth-order valence-electron chi connectivity index (χ4n) is 5.52. The summed E-state index contributed by atoms with van der Waals surface area (Å²) in [4.78, 5) is 66.9. The van der Waals surface area contributed by atoms with Crippen LogP contribution in [0.3, 0.4) is 0 Å². The number of hydrogen-bond acceptors (Lipinski definition) is 9. The number of carbonyl (C=O) groups excluding carboxylic acids is 3. The van der Waals surface area contributed by atoms with Crippen LogP contribution in [0.25, 0.3) is 0 Å². The van der Waals surface area contributed by atoms with E-state index in [1.54, 1.807) is 31.2 Å². The summed E-state index contributed by atoms with van der Waals surface area (Å²) in [6.45, 7) is 6.04. The van der Waals surface area contributed by atoms with E-state index in [-0.39, 0.29) is 23.6 Å². The number of amides is 2. The molecule has 3 aromatic carbocycles. The third-order valence-corrected chi connectivity index (χ3v) is 10.4. The van der Waals surface area contributed by atoms with Crippen LogP contribution in [-0.4, -0.2) is 63.2 Å². The number of fused-ring (bicyclic) bond motifs is 1. The molecule has 1 aliphatic heterocycles. The summed E-state index contributed by atoms with van der Waals surface area (Å²) < 4.78 is 5.40. The largest absolute Gasteiger partial charge is 0.478 e. The molecule has 0 bridgehead atoms. The Morgan fingerprint density at radius 2 is 1.69 bits per heavy atom. The van der Waals surface area contributed by atoms with Crippen LogP contribution in [0, 0.1) is 0 Å². The second-order valence-corrected chi connectivity index (χ2v) is 13.6. The van der Waals surface area contributed by atoms with Gasteiger partial charge in [0.1, 0.15) is 5.00 Å². The third-order valence-electron chi connectivity index (χ3n) is 7.88. The average Bonchev–Trinajstić information content (AvgIpc) is 3.44. The number of anilines is 2. The molecule has 0 spiro atoms. The van der Waals surface area contributed by atoms with Crippen LogP contribution in [-0.2, 0) is 29.0 Å². The van der Waals surface area contributed by atoms with E-state index >= 15 is 0 Å². The summed E-state index contributed by atoms with van der Waals surface area (Å²) in [7, 11) is 0. The van der Waals surface area contributed by atoms with Gasteiger partial charge < -0.3 is 25.6 Å². The van der Waals surface area contributed by atoms with Gasteiger partial charge in [-0.25, -0.2) is 14.4 Å². The van der Waals surface area contributed by atoms with Crippen LogP contribution in [0.5, 0.6) is 0 Å². The van der Waals surface area contributed by atoms with Gasteiger partial charge in [0, 0.05) is 35.1 Å². The number of nitrogens with one attached hydrogen (secondary N) is 2. The maximum atomic E-state index is 13.7. The standard InChI is InChI=1S/C36H35N3O8S2/c1-3-28(48-24-12-8-11-23(18-24)37-31(40)25-14-13-22(34(42)43)17-27(25)35(44)45)32(41)38-33-30(36(46)47-4-2)26-15-16-39(20-29(26)49-33)19-21-9-6-5-7-10-21/h5-14,17-18,28H,3-4,15-16,19-20H2,1-2H3,(H,37,40)(H,38,41)(H,42,43)(H,44,45). The van der Waals surface area contributed by atoms with Crippen molar-refractivity contribution >= 4 is 63.5 Å². The lowest BCUT2D eigenvalue weighted by Gasteiger charge is -2.27. The van der Waals surface area contributed by atoms with Gasteiger partial charge in [-0.3, -0.25) is 14.5 Å². The second-order valence-electron chi connectivity index (χ2n) is 11.2. The maximum Gasteiger partial charge on any atom is 0.341 e. The molecule has 4 N–H and O–H groups in total. The SMILES string of the molecule is CCOC(=O)c1c(NC(=O)C(CC)Sc2cccc(NC(=O)c3ccc(C(=O)O)cc3C(=O)O)c2)sc2c1CCN(Cc1ccccc1)C2. The Bertz CT molecular complexity index is 1890. The van der Waals surface area contributed by atoms with E-state index in [2.05, 4.69) is 27.7 Å². The molecule has 0 fully saturated rings. The quantitative estimate of drug-likeness (QED) is 0.0878.